The monoisotopic (exact) mass is 144 g/mol. The van der Waals surface area contributed by atoms with Crippen LogP contribution in [0.25, 0.3) is 0 Å². The van der Waals surface area contributed by atoms with E-state index >= 15 is 0 Å². The quantitative estimate of drug-likeness (QED) is 0.480. The summed E-state index contributed by atoms with van der Waals surface area (Å²) in [7, 11) is 0. The second kappa shape index (κ2) is 2.56. The summed E-state index contributed by atoms with van der Waals surface area (Å²) in [6, 6.07) is -0.524. The van der Waals surface area contributed by atoms with Gasteiger partial charge in [0.05, 0.1) is 0 Å². The van der Waals surface area contributed by atoms with Gasteiger partial charge in [0.1, 0.15) is 6.04 Å². The molecule has 0 aromatic rings. The zero-order valence-electron chi connectivity index (χ0n) is 5.66. The third-order valence-electron chi connectivity index (χ3n) is 1.85. The minimum atomic E-state index is -0.931. The van der Waals surface area contributed by atoms with Crippen LogP contribution in [0, 0.1) is 5.92 Å². The number of aliphatic carboxylic acids is 1. The molecule has 0 spiro atoms. The van der Waals surface area contributed by atoms with Crippen LogP contribution in [0.1, 0.15) is 12.8 Å². The predicted octanol–water partition coefficient (Wildman–Crippen LogP) is -0.864. The molecule has 0 aromatic carbocycles. The number of carboxylic acid groups (broad SMARTS) is 1. The average Bonchev–Trinajstić information content (AvgIpc) is 2.46. The second-order valence-corrected chi connectivity index (χ2v) is 2.84. The van der Waals surface area contributed by atoms with Gasteiger partial charge in [0.15, 0.2) is 0 Å². The Morgan fingerprint density at radius 2 is 2.30 bits per heavy atom. The van der Waals surface area contributed by atoms with Gasteiger partial charge in [0.2, 0.25) is 0 Å². The van der Waals surface area contributed by atoms with Gasteiger partial charge in [-0.2, -0.15) is 0 Å². The van der Waals surface area contributed by atoms with E-state index in [2.05, 4.69) is 0 Å². The van der Waals surface area contributed by atoms with Crippen LogP contribution in [0.5, 0.6) is 0 Å². The van der Waals surface area contributed by atoms with E-state index in [1.807, 2.05) is 0 Å². The molecule has 1 fully saturated rings. The molecule has 0 heterocycles. The van der Waals surface area contributed by atoms with E-state index in [9.17, 15) is 4.79 Å². The van der Waals surface area contributed by atoms with Crippen molar-refractivity contribution < 1.29 is 9.90 Å². The third-order valence-corrected chi connectivity index (χ3v) is 1.85. The highest BCUT2D eigenvalue weighted by Gasteiger charge is 2.35. The molecule has 0 bridgehead atoms. The Bertz CT molecular complexity index is 149. The molecule has 5 N–H and O–H groups in total. The van der Waals surface area contributed by atoms with E-state index in [1.54, 1.807) is 0 Å². The van der Waals surface area contributed by atoms with Crippen molar-refractivity contribution in [1.82, 2.24) is 0 Å². The van der Waals surface area contributed by atoms with Gasteiger partial charge < -0.3 is 16.6 Å². The number of nitrogens with two attached hydrogens (primary N) is 2. The fourth-order valence-electron chi connectivity index (χ4n) is 0.969. The molecule has 0 aliphatic heterocycles. The minimum absolute atomic E-state index is 0.199. The molecule has 1 saturated carbocycles. The summed E-state index contributed by atoms with van der Waals surface area (Å²) >= 11 is 0. The summed E-state index contributed by atoms with van der Waals surface area (Å²) in [5, 5.41) is 8.38. The molecule has 4 heteroatoms. The molecule has 10 heavy (non-hydrogen) atoms. The molecule has 0 amide bonds. The first-order chi connectivity index (χ1) is 4.61. The highest BCUT2D eigenvalue weighted by Crippen LogP contribution is 2.31. The van der Waals surface area contributed by atoms with Gasteiger partial charge in [-0.25, -0.2) is 0 Å². The van der Waals surface area contributed by atoms with Gasteiger partial charge in [-0.15, -0.1) is 0 Å². The van der Waals surface area contributed by atoms with Gasteiger partial charge in [0, 0.05) is 6.04 Å². The smallest absolute Gasteiger partial charge is 0.320 e. The van der Waals surface area contributed by atoms with E-state index < -0.39 is 12.0 Å². The SMILES string of the molecule is NC1CC1C[C@H](N)C(=O)O. The maximum atomic E-state index is 10.2. The van der Waals surface area contributed by atoms with E-state index in [1.165, 1.54) is 0 Å². The Labute approximate surface area is 59.2 Å². The van der Waals surface area contributed by atoms with E-state index in [0.29, 0.717) is 12.3 Å². The molecule has 1 rings (SSSR count). The normalized spacial score (nSPS) is 33.4. The maximum absolute atomic E-state index is 10.2. The Hall–Kier alpha value is -0.610. The van der Waals surface area contributed by atoms with Crippen LogP contribution in [0.3, 0.4) is 0 Å². The van der Waals surface area contributed by atoms with Crippen LogP contribution in [0.15, 0.2) is 0 Å². The molecule has 2 unspecified atom stereocenters. The Kier molecular flexibility index (Phi) is 1.92. The summed E-state index contributed by atoms with van der Waals surface area (Å²) < 4.78 is 0. The molecule has 58 valence electrons. The summed E-state index contributed by atoms with van der Waals surface area (Å²) in [5.74, 6) is -0.579. The van der Waals surface area contributed by atoms with Gasteiger partial charge in [0.25, 0.3) is 0 Å². The summed E-state index contributed by atoms with van der Waals surface area (Å²) in [5.41, 5.74) is 10.7. The van der Waals surface area contributed by atoms with Crippen molar-refractivity contribution in [3.63, 3.8) is 0 Å². The lowest BCUT2D eigenvalue weighted by molar-refractivity contribution is -0.138. The van der Waals surface area contributed by atoms with Crippen molar-refractivity contribution >= 4 is 5.97 Å². The first-order valence-electron chi connectivity index (χ1n) is 3.35. The molecule has 1 aliphatic carbocycles. The zero-order valence-corrected chi connectivity index (χ0v) is 5.66. The molecular formula is C6H12N2O2. The van der Waals surface area contributed by atoms with Crippen LogP contribution >= 0.6 is 0 Å². The van der Waals surface area contributed by atoms with Crippen molar-refractivity contribution in [3.8, 4) is 0 Å². The molecule has 3 atom stereocenters. The lowest BCUT2D eigenvalue weighted by Crippen LogP contribution is -2.31. The third kappa shape index (κ3) is 1.68. The van der Waals surface area contributed by atoms with Gasteiger partial charge in [-0.1, -0.05) is 0 Å². The van der Waals surface area contributed by atoms with Gasteiger partial charge in [-0.3, -0.25) is 4.79 Å². The lowest BCUT2D eigenvalue weighted by Gasteiger charge is -2.02. The molecular weight excluding hydrogens is 132 g/mol. The van der Waals surface area contributed by atoms with Crippen LogP contribution in [0.4, 0.5) is 0 Å². The fraction of sp³-hybridized carbons (Fsp3) is 0.833. The Balaban J connectivity index is 2.19. The highest BCUT2D eigenvalue weighted by atomic mass is 16.4. The molecule has 1 aliphatic rings. The van der Waals surface area contributed by atoms with Crippen LogP contribution in [-0.4, -0.2) is 23.2 Å². The first kappa shape index (κ1) is 7.50. The van der Waals surface area contributed by atoms with Crippen molar-refractivity contribution in [1.29, 1.82) is 0 Å². The van der Waals surface area contributed by atoms with Gasteiger partial charge in [-0.05, 0) is 18.8 Å². The zero-order chi connectivity index (χ0) is 7.72. The predicted molar refractivity (Wildman–Crippen MR) is 36.3 cm³/mol. The lowest BCUT2D eigenvalue weighted by atomic mass is 10.1. The first-order valence-corrected chi connectivity index (χ1v) is 3.35. The number of carbonyl (C=O) groups is 1. The van der Waals surface area contributed by atoms with Crippen molar-refractivity contribution in [3.05, 3.63) is 0 Å². The average molecular weight is 144 g/mol. The molecule has 0 aromatic heterocycles. The number of carboxylic acids is 1. The number of rotatable bonds is 3. The van der Waals surface area contributed by atoms with Crippen molar-refractivity contribution in [2.24, 2.45) is 17.4 Å². The summed E-state index contributed by atoms with van der Waals surface area (Å²) in [6.45, 7) is 0. The second-order valence-electron chi connectivity index (χ2n) is 2.84. The highest BCUT2D eigenvalue weighted by molar-refractivity contribution is 5.73. The Morgan fingerprint density at radius 3 is 2.60 bits per heavy atom. The minimum Gasteiger partial charge on any atom is -0.480 e. The van der Waals surface area contributed by atoms with Crippen molar-refractivity contribution in [2.45, 2.75) is 24.9 Å². The topological polar surface area (TPSA) is 89.3 Å². The largest absolute Gasteiger partial charge is 0.480 e. The Morgan fingerprint density at radius 1 is 1.80 bits per heavy atom. The van der Waals surface area contributed by atoms with Gasteiger partial charge >= 0.3 is 5.97 Å². The molecule has 0 radical (unpaired) electrons. The summed E-state index contributed by atoms with van der Waals surface area (Å²) in [4.78, 5) is 10.2. The number of hydrogen-bond donors (Lipinski definition) is 3. The van der Waals surface area contributed by atoms with Crippen LogP contribution < -0.4 is 11.5 Å². The standard InChI is InChI=1S/C6H12N2O2/c7-4-1-3(4)2-5(8)6(9)10/h3-5H,1-2,7-8H2,(H,9,10)/t3?,4?,5-/m0/s1. The van der Waals surface area contributed by atoms with E-state index in [-0.39, 0.29) is 6.04 Å². The number of hydrogen-bond acceptors (Lipinski definition) is 3. The van der Waals surface area contributed by atoms with E-state index in [4.69, 9.17) is 16.6 Å². The fourth-order valence-corrected chi connectivity index (χ4v) is 0.969. The molecule has 4 nitrogen and oxygen atoms in total. The van der Waals surface area contributed by atoms with Crippen LogP contribution in [-0.2, 0) is 4.79 Å². The van der Waals surface area contributed by atoms with Crippen molar-refractivity contribution in [2.75, 3.05) is 0 Å². The summed E-state index contributed by atoms with van der Waals surface area (Å²) in [6.07, 6.45) is 1.46. The van der Waals surface area contributed by atoms with Crippen LogP contribution in [0.2, 0.25) is 0 Å². The molecule has 0 saturated heterocycles. The maximum Gasteiger partial charge on any atom is 0.320 e. The van der Waals surface area contributed by atoms with E-state index in [0.717, 1.165) is 6.42 Å².